The molecular weight excluding hydrogens is 586 g/mol. The summed E-state index contributed by atoms with van der Waals surface area (Å²) in [6.07, 6.45) is 0.473. The lowest BCUT2D eigenvalue weighted by Gasteiger charge is -2.20. The number of aliphatic imine (C=N–C) groups is 1. The van der Waals surface area contributed by atoms with Crippen LogP contribution >= 0.6 is 10.5 Å². The van der Waals surface area contributed by atoms with E-state index >= 15 is 0 Å². The molecule has 0 bridgehead atoms. The van der Waals surface area contributed by atoms with Crippen LogP contribution in [0.15, 0.2) is 77.8 Å². The Morgan fingerprint density at radius 2 is 1.64 bits per heavy atom. The van der Waals surface area contributed by atoms with Crippen molar-refractivity contribution in [2.75, 3.05) is 18.4 Å². The number of anilines is 1. The van der Waals surface area contributed by atoms with Crippen molar-refractivity contribution < 1.29 is 28.6 Å². The van der Waals surface area contributed by atoms with Gasteiger partial charge in [0.15, 0.2) is 5.17 Å². The van der Waals surface area contributed by atoms with E-state index in [1.807, 2.05) is 61.7 Å². The van der Waals surface area contributed by atoms with Crippen LogP contribution in [0.4, 0.5) is 10.5 Å². The molecule has 0 radical (unpaired) electrons. The number of rotatable bonds is 8. The van der Waals surface area contributed by atoms with Gasteiger partial charge in [-0.25, -0.2) is 14.6 Å². The zero-order valence-electron chi connectivity index (χ0n) is 24.3. The number of nitrogens with one attached hydrogen (secondary N) is 2. The molecule has 13 nitrogen and oxygen atoms in total. The van der Waals surface area contributed by atoms with Gasteiger partial charge >= 0.3 is 12.1 Å². The van der Waals surface area contributed by atoms with Crippen LogP contribution in [-0.4, -0.2) is 68.5 Å². The first-order valence-corrected chi connectivity index (χ1v) is 15.1. The van der Waals surface area contributed by atoms with E-state index in [-0.39, 0.29) is 11.1 Å². The van der Waals surface area contributed by atoms with Crippen LogP contribution in [-0.2, 0) is 14.2 Å². The van der Waals surface area contributed by atoms with E-state index in [2.05, 4.69) is 35.8 Å². The minimum absolute atomic E-state index is 0.0139. The minimum Gasteiger partial charge on any atom is -0.438 e. The van der Waals surface area contributed by atoms with Gasteiger partial charge in [0.05, 0.1) is 23.9 Å². The molecular formula is C30H29N7O6S. The number of nitrogens with zero attached hydrogens (tertiary/aromatic N) is 5. The highest BCUT2D eigenvalue weighted by atomic mass is 32.2. The number of aromatic nitrogens is 4. The number of ether oxygens (including phenoxy) is 3. The van der Waals surface area contributed by atoms with Crippen molar-refractivity contribution in [3.63, 3.8) is 0 Å². The molecule has 44 heavy (non-hydrogen) atoms. The molecule has 2 unspecified atom stereocenters. The molecule has 226 valence electrons. The molecule has 4 aromatic rings. The van der Waals surface area contributed by atoms with E-state index in [0.29, 0.717) is 11.0 Å². The molecule has 0 saturated heterocycles. The number of carbonyl (C=O) groups is 3. The zero-order chi connectivity index (χ0) is 31.2. The van der Waals surface area contributed by atoms with Crippen LogP contribution in [0.2, 0.25) is 0 Å². The third-order valence-electron chi connectivity index (χ3n) is 6.62. The van der Waals surface area contributed by atoms with Gasteiger partial charge in [-0.15, -0.1) is 20.7 Å². The Kier molecular flexibility index (Phi) is 9.21. The summed E-state index contributed by atoms with van der Waals surface area (Å²) in [6, 6.07) is 21.7. The van der Waals surface area contributed by atoms with Crippen LogP contribution in [0.5, 0.6) is 0 Å². The fourth-order valence-corrected chi connectivity index (χ4v) is 6.02. The summed E-state index contributed by atoms with van der Waals surface area (Å²) in [7, 11) is 0.612. The van der Waals surface area contributed by atoms with Crippen molar-refractivity contribution in [3.8, 4) is 22.5 Å². The lowest BCUT2D eigenvalue weighted by Crippen LogP contribution is -2.39. The minimum atomic E-state index is -1.23. The zero-order valence-corrected chi connectivity index (χ0v) is 25.1. The number of aromatic amines is 1. The lowest BCUT2D eigenvalue weighted by molar-refractivity contribution is -0.0782. The highest BCUT2D eigenvalue weighted by molar-refractivity contribution is 8.28. The van der Waals surface area contributed by atoms with Gasteiger partial charge in [-0.3, -0.25) is 4.79 Å². The van der Waals surface area contributed by atoms with Gasteiger partial charge in [0.1, 0.15) is 0 Å². The van der Waals surface area contributed by atoms with Gasteiger partial charge in [-0.05, 0) is 53.3 Å². The summed E-state index contributed by atoms with van der Waals surface area (Å²) >= 11 is 0. The molecule has 0 fully saturated rings. The van der Waals surface area contributed by atoms with E-state index in [0.717, 1.165) is 40.9 Å². The Morgan fingerprint density at radius 3 is 2.30 bits per heavy atom. The second-order valence-electron chi connectivity index (χ2n) is 9.35. The molecule has 1 aliphatic heterocycles. The molecule has 2 atom stereocenters. The van der Waals surface area contributed by atoms with Crippen LogP contribution in [0.1, 0.15) is 41.0 Å². The van der Waals surface area contributed by atoms with Crippen LogP contribution in [0, 0.1) is 0 Å². The maximum atomic E-state index is 13.6. The molecule has 1 aromatic heterocycles. The number of benzene rings is 3. The molecule has 2 N–H and O–H groups in total. The highest BCUT2D eigenvalue weighted by Gasteiger charge is 2.28. The normalized spacial score (nSPS) is 16.1. The van der Waals surface area contributed by atoms with Crippen molar-refractivity contribution in [3.05, 3.63) is 83.9 Å². The van der Waals surface area contributed by atoms with Crippen LogP contribution < -0.4 is 10.4 Å². The first-order chi connectivity index (χ1) is 21.3. The Bertz CT molecular complexity index is 1760. The van der Waals surface area contributed by atoms with Gasteiger partial charge in [-0.2, -0.15) is 15.6 Å². The number of H-pyrrole nitrogens is 1. The number of methoxy groups -OCH3 is 1. The summed E-state index contributed by atoms with van der Waals surface area (Å²) < 4.78 is 14.4. The maximum absolute atomic E-state index is 13.6. The second kappa shape index (κ2) is 13.4. The monoisotopic (exact) mass is 615 g/mol. The largest absolute Gasteiger partial charge is 0.511 e. The summed E-state index contributed by atoms with van der Waals surface area (Å²) in [5, 5.41) is 16.7. The standard InChI is InChI=1S/C30H29N7O6S/c1-5-25-34-37(20-16-14-19(15-17-20)21-10-6-7-11-22(21)26-32-35-36-33-26)29(44(25)4)31-27(38)23-12-8-9-13-24(23)28(39)42-18(2)43-30(40)41-3/h6-18,34H,5H2,1-4H3,(H,32,33,35,36). The van der Waals surface area contributed by atoms with E-state index in [4.69, 9.17) is 9.47 Å². The van der Waals surface area contributed by atoms with Gasteiger partial charge in [0.2, 0.25) is 12.1 Å². The first-order valence-electron chi connectivity index (χ1n) is 13.5. The van der Waals surface area contributed by atoms with Crippen molar-refractivity contribution in [1.82, 2.24) is 26.0 Å². The quantitative estimate of drug-likeness (QED) is 0.159. The lowest BCUT2D eigenvalue weighted by atomic mass is 9.99. The fraction of sp³-hybridized carbons (Fsp3) is 0.200. The summed E-state index contributed by atoms with van der Waals surface area (Å²) in [6.45, 7) is 3.39. The molecule has 3 aromatic carbocycles. The number of carbonyl (C=O) groups excluding carboxylic acids is 3. The van der Waals surface area contributed by atoms with Crippen LogP contribution in [0.3, 0.4) is 0 Å². The predicted molar refractivity (Wildman–Crippen MR) is 166 cm³/mol. The van der Waals surface area contributed by atoms with Gasteiger partial charge in [0, 0.05) is 17.5 Å². The third kappa shape index (κ3) is 6.40. The average molecular weight is 616 g/mol. The smallest absolute Gasteiger partial charge is 0.438 e. The van der Waals surface area contributed by atoms with Gasteiger partial charge in [-0.1, -0.05) is 55.5 Å². The van der Waals surface area contributed by atoms with E-state index in [9.17, 15) is 14.4 Å². The molecule has 5 rings (SSSR count). The molecule has 1 aliphatic rings. The van der Waals surface area contributed by atoms with Gasteiger partial charge < -0.3 is 14.2 Å². The fourth-order valence-electron chi connectivity index (χ4n) is 4.49. The van der Waals surface area contributed by atoms with Crippen LogP contribution in [0.25, 0.3) is 22.5 Å². The third-order valence-corrected chi connectivity index (χ3v) is 8.56. The number of tetrazole rings is 1. The summed E-state index contributed by atoms with van der Waals surface area (Å²) in [5.74, 6) is -0.978. The number of hydrazine groups is 1. The Hall–Kier alpha value is -5.21. The van der Waals surface area contributed by atoms with E-state index in [1.54, 1.807) is 17.1 Å². The Balaban J connectivity index is 1.43. The maximum Gasteiger partial charge on any atom is 0.511 e. The van der Waals surface area contributed by atoms with Crippen molar-refractivity contribution in [2.45, 2.75) is 26.6 Å². The number of hydrogen-bond donors (Lipinski definition) is 2. The highest BCUT2D eigenvalue weighted by Crippen LogP contribution is 2.33. The van der Waals surface area contributed by atoms with Crippen molar-refractivity contribution in [2.24, 2.45) is 4.99 Å². The number of hydrogen-bond acceptors (Lipinski definition) is 10. The molecule has 2 heterocycles. The first kappa shape index (κ1) is 30.3. The molecule has 0 aliphatic carbocycles. The van der Waals surface area contributed by atoms with Gasteiger partial charge in [0.25, 0.3) is 5.91 Å². The molecule has 0 saturated carbocycles. The molecule has 1 amide bonds. The molecule has 0 spiro atoms. The number of amidine groups is 1. The van der Waals surface area contributed by atoms with E-state index < -0.39 is 34.8 Å². The molecule has 14 heteroatoms. The Morgan fingerprint density at radius 1 is 0.955 bits per heavy atom. The van der Waals surface area contributed by atoms with E-state index in [1.165, 1.54) is 19.1 Å². The average Bonchev–Trinajstić information content (AvgIpc) is 3.69. The topological polar surface area (TPSA) is 161 Å². The Labute approximate surface area is 255 Å². The summed E-state index contributed by atoms with van der Waals surface area (Å²) in [5.41, 5.74) is 6.90. The second-order valence-corrected chi connectivity index (χ2v) is 11.2. The predicted octanol–water partition coefficient (Wildman–Crippen LogP) is 4.78. The summed E-state index contributed by atoms with van der Waals surface area (Å²) in [4.78, 5) is 43.3. The number of esters is 1. The van der Waals surface area contributed by atoms with Crippen molar-refractivity contribution in [1.29, 1.82) is 0 Å². The number of amides is 1. The van der Waals surface area contributed by atoms with Crippen molar-refractivity contribution >= 4 is 44.4 Å². The SMILES string of the molecule is CCC1=S(C)C(=NC(=O)c2ccccc2C(=O)OC(C)OC(=O)OC)N(c2ccc(-c3ccccc3-c3nn[nH]n3)cc2)N1.